The first kappa shape index (κ1) is 25.1. The predicted octanol–water partition coefficient (Wildman–Crippen LogP) is 5.28. The molecule has 9 heteroatoms. The quantitative estimate of drug-likeness (QED) is 0.539. The van der Waals surface area contributed by atoms with E-state index >= 15 is 0 Å². The number of piperazine rings is 1. The van der Waals surface area contributed by atoms with Gasteiger partial charge in [-0.3, -0.25) is 4.90 Å². The zero-order chi connectivity index (χ0) is 20.4. The van der Waals surface area contributed by atoms with Crippen LogP contribution in [0.2, 0.25) is 0 Å². The van der Waals surface area contributed by atoms with Gasteiger partial charge in [0, 0.05) is 31.7 Å². The number of nitrogens with one attached hydrogen (secondary N) is 1. The van der Waals surface area contributed by atoms with Crippen molar-refractivity contribution in [3.63, 3.8) is 0 Å². The monoisotopic (exact) mass is 474 g/mol. The van der Waals surface area contributed by atoms with Gasteiger partial charge in [-0.1, -0.05) is 42.5 Å². The first-order valence-electron chi connectivity index (χ1n) is 9.43. The fourth-order valence-electron chi connectivity index (χ4n) is 3.92. The molecule has 0 radical (unpaired) electrons. The van der Waals surface area contributed by atoms with Crippen molar-refractivity contribution in [3.8, 4) is 11.5 Å². The maximum Gasteiger partial charge on any atom is 0.573 e. The molecule has 4 rings (SSSR count). The van der Waals surface area contributed by atoms with E-state index in [0.29, 0.717) is 0 Å². The number of fused-ring (bicyclic) bond motifs is 1. The van der Waals surface area contributed by atoms with E-state index in [9.17, 15) is 18.3 Å². The molecule has 0 bridgehead atoms. The average molecular weight is 475 g/mol. The molecule has 3 aromatic carbocycles. The van der Waals surface area contributed by atoms with E-state index in [4.69, 9.17) is 0 Å². The highest BCUT2D eigenvalue weighted by Crippen LogP contribution is 2.40. The van der Waals surface area contributed by atoms with Gasteiger partial charge < -0.3 is 15.2 Å². The molecule has 4 nitrogen and oxygen atoms in total. The number of phenolic OH excluding ortho intramolecular Hbond substituents is 1. The summed E-state index contributed by atoms with van der Waals surface area (Å²) in [4.78, 5) is 2.23. The highest BCUT2D eigenvalue weighted by atomic mass is 35.5. The van der Waals surface area contributed by atoms with Gasteiger partial charge in [-0.25, -0.2) is 0 Å². The van der Waals surface area contributed by atoms with Crippen molar-refractivity contribution in [2.24, 2.45) is 0 Å². The Morgan fingerprint density at radius 1 is 0.903 bits per heavy atom. The molecular formula is C22H23Cl2F3N2O2. The lowest BCUT2D eigenvalue weighted by Gasteiger charge is -2.36. The number of nitrogens with zero attached hydrogens (tertiary/aromatic N) is 1. The van der Waals surface area contributed by atoms with Crippen LogP contribution in [-0.4, -0.2) is 42.5 Å². The number of aromatic hydroxyl groups is 1. The standard InChI is InChI=1S/C22H21F3N2O2.2ClH/c23-22(24,25)29-17-8-5-16(6-9-17)21(27-13-11-26-12-14-27)20-18-4-2-1-3-15(18)7-10-19(20)28;;/h1-10,21,26,28H,11-14H2;2*1H/t21-;;/m1../s1. The number of alkyl halides is 3. The van der Waals surface area contributed by atoms with E-state index < -0.39 is 6.36 Å². The normalized spacial score (nSPS) is 15.6. The van der Waals surface area contributed by atoms with Gasteiger partial charge in [0.1, 0.15) is 11.5 Å². The van der Waals surface area contributed by atoms with E-state index in [1.807, 2.05) is 30.3 Å². The fraction of sp³-hybridized carbons (Fsp3) is 0.273. The molecule has 0 amide bonds. The van der Waals surface area contributed by atoms with Crippen LogP contribution in [0.15, 0.2) is 60.7 Å². The first-order chi connectivity index (χ1) is 13.9. The van der Waals surface area contributed by atoms with Gasteiger partial charge in [-0.05, 0) is 34.5 Å². The molecule has 3 aromatic rings. The third-order valence-electron chi connectivity index (χ3n) is 5.17. The molecule has 1 heterocycles. The largest absolute Gasteiger partial charge is 0.573 e. The van der Waals surface area contributed by atoms with E-state index in [1.54, 1.807) is 18.2 Å². The summed E-state index contributed by atoms with van der Waals surface area (Å²) in [7, 11) is 0. The van der Waals surface area contributed by atoms with E-state index in [-0.39, 0.29) is 42.4 Å². The van der Waals surface area contributed by atoms with Crippen LogP contribution in [0.5, 0.6) is 11.5 Å². The summed E-state index contributed by atoms with van der Waals surface area (Å²) < 4.78 is 41.5. The molecule has 0 aromatic heterocycles. The summed E-state index contributed by atoms with van der Waals surface area (Å²) in [5.74, 6) is -0.0923. The number of hydrogen-bond acceptors (Lipinski definition) is 4. The molecule has 1 atom stereocenters. The lowest BCUT2D eigenvalue weighted by molar-refractivity contribution is -0.274. The highest BCUT2D eigenvalue weighted by molar-refractivity contribution is 5.88. The van der Waals surface area contributed by atoms with Crippen LogP contribution >= 0.6 is 24.8 Å². The molecule has 0 spiro atoms. The van der Waals surface area contributed by atoms with Gasteiger partial charge in [0.25, 0.3) is 0 Å². The molecule has 168 valence electrons. The average Bonchev–Trinajstić information content (AvgIpc) is 2.71. The number of phenols is 1. The minimum Gasteiger partial charge on any atom is -0.508 e. The Balaban J connectivity index is 0.00000171. The van der Waals surface area contributed by atoms with Crippen LogP contribution in [0.1, 0.15) is 17.2 Å². The number of benzene rings is 3. The van der Waals surface area contributed by atoms with Gasteiger partial charge >= 0.3 is 6.36 Å². The summed E-state index contributed by atoms with van der Waals surface area (Å²) in [5, 5.41) is 16.0. The second kappa shape index (κ2) is 10.4. The lowest BCUT2D eigenvalue weighted by atomic mass is 9.91. The molecule has 2 N–H and O–H groups in total. The van der Waals surface area contributed by atoms with E-state index in [1.165, 1.54) is 12.1 Å². The molecule has 0 saturated carbocycles. The number of halogens is 5. The number of rotatable bonds is 4. The smallest absolute Gasteiger partial charge is 0.508 e. The number of ether oxygens (including phenoxy) is 1. The SMILES string of the molecule is Cl.Cl.Oc1ccc2ccccc2c1[C@@H](c1ccc(OC(F)(F)F)cc1)N1CCNCC1. The summed E-state index contributed by atoms with van der Waals surface area (Å²) >= 11 is 0. The maximum absolute atomic E-state index is 12.5. The van der Waals surface area contributed by atoms with Gasteiger partial charge in [0.05, 0.1) is 6.04 Å². The van der Waals surface area contributed by atoms with Crippen molar-refractivity contribution in [2.45, 2.75) is 12.4 Å². The minimum absolute atomic E-state index is 0. The van der Waals surface area contributed by atoms with Crippen molar-refractivity contribution in [2.75, 3.05) is 26.2 Å². The van der Waals surface area contributed by atoms with Crippen LogP contribution < -0.4 is 10.1 Å². The fourth-order valence-corrected chi connectivity index (χ4v) is 3.92. The second-order valence-corrected chi connectivity index (χ2v) is 7.02. The third kappa shape index (κ3) is 5.74. The molecule has 0 aliphatic carbocycles. The molecule has 1 aliphatic heterocycles. The Kier molecular flexibility index (Phi) is 8.42. The molecule has 1 fully saturated rings. The van der Waals surface area contributed by atoms with Crippen LogP contribution in [0, 0.1) is 0 Å². The van der Waals surface area contributed by atoms with Gasteiger partial charge in [-0.2, -0.15) is 0 Å². The Bertz CT molecular complexity index is 994. The summed E-state index contributed by atoms with van der Waals surface area (Å²) in [5.41, 5.74) is 1.56. The third-order valence-corrected chi connectivity index (χ3v) is 5.17. The van der Waals surface area contributed by atoms with Crippen molar-refractivity contribution < 1.29 is 23.0 Å². The predicted molar refractivity (Wildman–Crippen MR) is 120 cm³/mol. The lowest BCUT2D eigenvalue weighted by Crippen LogP contribution is -2.45. The Hall–Kier alpha value is -2.19. The van der Waals surface area contributed by atoms with Gasteiger partial charge in [0.15, 0.2) is 0 Å². The zero-order valence-electron chi connectivity index (χ0n) is 16.4. The van der Waals surface area contributed by atoms with Crippen LogP contribution in [0.25, 0.3) is 10.8 Å². The molecular weight excluding hydrogens is 452 g/mol. The zero-order valence-corrected chi connectivity index (χ0v) is 18.1. The molecule has 1 saturated heterocycles. The van der Waals surface area contributed by atoms with Gasteiger partial charge in [0.2, 0.25) is 0 Å². The summed E-state index contributed by atoms with van der Waals surface area (Å²) in [6.07, 6.45) is -4.73. The Labute approximate surface area is 190 Å². The number of hydrogen-bond donors (Lipinski definition) is 2. The van der Waals surface area contributed by atoms with Crippen LogP contribution in [-0.2, 0) is 0 Å². The second-order valence-electron chi connectivity index (χ2n) is 7.02. The summed E-state index contributed by atoms with van der Waals surface area (Å²) in [6.45, 7) is 3.12. The minimum atomic E-state index is -4.73. The summed E-state index contributed by atoms with van der Waals surface area (Å²) in [6, 6.07) is 16.9. The van der Waals surface area contributed by atoms with Crippen molar-refractivity contribution in [1.29, 1.82) is 0 Å². The van der Waals surface area contributed by atoms with Crippen molar-refractivity contribution >= 4 is 35.6 Å². The van der Waals surface area contributed by atoms with Gasteiger partial charge in [-0.15, -0.1) is 38.0 Å². The van der Waals surface area contributed by atoms with E-state index in [2.05, 4.69) is 15.0 Å². The maximum atomic E-state index is 12.5. The Morgan fingerprint density at radius 2 is 1.55 bits per heavy atom. The highest BCUT2D eigenvalue weighted by Gasteiger charge is 2.32. The van der Waals surface area contributed by atoms with Crippen molar-refractivity contribution in [1.82, 2.24) is 10.2 Å². The molecule has 31 heavy (non-hydrogen) atoms. The van der Waals surface area contributed by atoms with Crippen LogP contribution in [0.3, 0.4) is 0 Å². The Morgan fingerprint density at radius 3 is 2.19 bits per heavy atom. The first-order valence-corrected chi connectivity index (χ1v) is 9.43. The molecule has 1 aliphatic rings. The van der Waals surface area contributed by atoms with Crippen LogP contribution in [0.4, 0.5) is 13.2 Å². The topological polar surface area (TPSA) is 44.7 Å². The molecule has 0 unspecified atom stereocenters. The van der Waals surface area contributed by atoms with Crippen molar-refractivity contribution in [3.05, 3.63) is 71.8 Å². The van der Waals surface area contributed by atoms with E-state index in [0.717, 1.165) is 48.1 Å².